The number of aromatic nitrogens is 2. The van der Waals surface area contributed by atoms with Crippen LogP contribution in [-0.4, -0.2) is 47.7 Å². The zero-order valence-corrected chi connectivity index (χ0v) is 16.2. The summed E-state index contributed by atoms with van der Waals surface area (Å²) in [6.07, 6.45) is 2.40. The summed E-state index contributed by atoms with van der Waals surface area (Å²) in [7, 11) is 0. The Bertz CT molecular complexity index is 704. The summed E-state index contributed by atoms with van der Waals surface area (Å²) in [5.74, 6) is 1.84. The second-order valence-corrected chi connectivity index (χ2v) is 7.88. The molecule has 0 aliphatic heterocycles. The van der Waals surface area contributed by atoms with E-state index >= 15 is 0 Å². The van der Waals surface area contributed by atoms with Crippen molar-refractivity contribution >= 4 is 34.1 Å². The number of amides is 1. The van der Waals surface area contributed by atoms with Crippen molar-refractivity contribution in [3.63, 3.8) is 0 Å². The number of carbonyl (C=O) groups is 1. The van der Waals surface area contributed by atoms with Crippen LogP contribution < -0.4 is 20.1 Å². The predicted octanol–water partition coefficient (Wildman–Crippen LogP) is 2.80. The van der Waals surface area contributed by atoms with Crippen molar-refractivity contribution in [1.82, 2.24) is 15.5 Å². The number of thioether (sulfide) groups is 1. The molecule has 1 saturated carbocycles. The molecule has 2 aromatic rings. The normalized spacial score (nSPS) is 13.3. The minimum absolute atomic E-state index is 0.0443. The molecule has 1 heterocycles. The van der Waals surface area contributed by atoms with Crippen LogP contribution in [0, 0.1) is 0 Å². The van der Waals surface area contributed by atoms with Crippen LogP contribution in [0.5, 0.6) is 11.5 Å². The summed E-state index contributed by atoms with van der Waals surface area (Å²) < 4.78 is 11.8. The predicted molar refractivity (Wildman–Crippen MR) is 103 cm³/mol. The number of rotatable bonds is 11. The molecule has 140 valence electrons. The molecule has 1 aromatic carbocycles. The third-order valence-electron chi connectivity index (χ3n) is 3.47. The first kappa shape index (κ1) is 18.8. The molecule has 1 aliphatic carbocycles. The lowest BCUT2D eigenvalue weighted by Gasteiger charge is -2.08. The van der Waals surface area contributed by atoms with Crippen LogP contribution in [0.25, 0.3) is 0 Å². The van der Waals surface area contributed by atoms with Crippen molar-refractivity contribution in [1.29, 1.82) is 0 Å². The van der Waals surface area contributed by atoms with Crippen molar-refractivity contribution in [2.75, 3.05) is 30.8 Å². The molecule has 2 N–H and O–H groups in total. The highest BCUT2D eigenvalue weighted by atomic mass is 32.2. The fourth-order valence-corrected chi connectivity index (χ4v) is 3.72. The third kappa shape index (κ3) is 6.38. The van der Waals surface area contributed by atoms with Gasteiger partial charge in [-0.3, -0.25) is 4.79 Å². The minimum atomic E-state index is -0.0443. The van der Waals surface area contributed by atoms with E-state index in [9.17, 15) is 4.79 Å². The van der Waals surface area contributed by atoms with Gasteiger partial charge < -0.3 is 20.1 Å². The van der Waals surface area contributed by atoms with Crippen LogP contribution >= 0.6 is 23.1 Å². The van der Waals surface area contributed by atoms with E-state index in [1.54, 1.807) is 0 Å². The number of carbonyl (C=O) groups excluding carboxylic acids is 1. The first-order valence-corrected chi connectivity index (χ1v) is 10.4. The van der Waals surface area contributed by atoms with Crippen molar-refractivity contribution in [2.24, 2.45) is 0 Å². The molecule has 0 radical (unpaired) electrons. The molecule has 1 fully saturated rings. The number of nitrogens with zero attached hydrogens (tertiary/aromatic N) is 2. The van der Waals surface area contributed by atoms with Crippen molar-refractivity contribution in [2.45, 2.75) is 30.1 Å². The van der Waals surface area contributed by atoms with E-state index in [4.69, 9.17) is 9.47 Å². The lowest BCUT2D eigenvalue weighted by atomic mass is 10.3. The maximum absolute atomic E-state index is 11.9. The standard InChI is InChI=1S/C17H22N4O3S2/c1-2-23-13-5-7-14(8-6-13)24-10-9-18-15(22)11-25-17-21-20-16(26-17)19-12-3-4-12/h5-8,12H,2-4,9-11H2,1H3,(H,18,22)(H,19,20). The fraction of sp³-hybridized carbons (Fsp3) is 0.471. The minimum Gasteiger partial charge on any atom is -0.494 e. The highest BCUT2D eigenvalue weighted by molar-refractivity contribution is 8.01. The van der Waals surface area contributed by atoms with E-state index in [0.29, 0.717) is 31.6 Å². The molecular formula is C17H22N4O3S2. The summed E-state index contributed by atoms with van der Waals surface area (Å²) in [4.78, 5) is 11.9. The van der Waals surface area contributed by atoms with Crippen LogP contribution in [0.15, 0.2) is 28.6 Å². The van der Waals surface area contributed by atoms with Gasteiger partial charge in [0.05, 0.1) is 18.9 Å². The molecular weight excluding hydrogens is 372 g/mol. The fourth-order valence-electron chi connectivity index (χ4n) is 2.07. The Morgan fingerprint density at radius 3 is 2.65 bits per heavy atom. The van der Waals surface area contributed by atoms with Gasteiger partial charge in [0.1, 0.15) is 18.1 Å². The molecule has 0 spiro atoms. The zero-order valence-electron chi connectivity index (χ0n) is 14.6. The topological polar surface area (TPSA) is 85.4 Å². The quantitative estimate of drug-likeness (QED) is 0.448. The first-order chi connectivity index (χ1) is 12.7. The van der Waals surface area contributed by atoms with E-state index in [-0.39, 0.29) is 5.91 Å². The summed E-state index contributed by atoms with van der Waals surface area (Å²) in [5.41, 5.74) is 0. The summed E-state index contributed by atoms with van der Waals surface area (Å²) in [6, 6.07) is 7.99. The Hall–Kier alpha value is -2.00. The molecule has 1 aromatic heterocycles. The van der Waals surface area contributed by atoms with Gasteiger partial charge in [0.25, 0.3) is 0 Å². The van der Waals surface area contributed by atoms with Gasteiger partial charge in [-0.1, -0.05) is 23.1 Å². The van der Waals surface area contributed by atoms with Gasteiger partial charge in [0.15, 0.2) is 4.34 Å². The maximum atomic E-state index is 11.9. The third-order valence-corrected chi connectivity index (χ3v) is 5.45. The van der Waals surface area contributed by atoms with E-state index in [1.807, 2.05) is 31.2 Å². The average Bonchev–Trinajstić information content (AvgIpc) is 3.35. The van der Waals surface area contributed by atoms with Crippen molar-refractivity contribution < 1.29 is 14.3 Å². The lowest BCUT2D eigenvalue weighted by Crippen LogP contribution is -2.29. The van der Waals surface area contributed by atoms with Gasteiger partial charge in [-0.05, 0) is 44.0 Å². The van der Waals surface area contributed by atoms with E-state index in [1.165, 1.54) is 35.9 Å². The molecule has 7 nitrogen and oxygen atoms in total. The number of anilines is 1. The van der Waals surface area contributed by atoms with Crippen LogP contribution in [-0.2, 0) is 4.79 Å². The Morgan fingerprint density at radius 2 is 1.96 bits per heavy atom. The number of hydrogen-bond donors (Lipinski definition) is 2. The van der Waals surface area contributed by atoms with E-state index < -0.39 is 0 Å². The second-order valence-electron chi connectivity index (χ2n) is 5.68. The molecule has 3 rings (SSSR count). The first-order valence-electron chi connectivity index (χ1n) is 8.58. The van der Waals surface area contributed by atoms with Gasteiger partial charge in [-0.25, -0.2) is 0 Å². The number of ether oxygens (including phenoxy) is 2. The molecule has 0 unspecified atom stereocenters. The smallest absolute Gasteiger partial charge is 0.230 e. The van der Waals surface area contributed by atoms with E-state index in [0.717, 1.165) is 21.0 Å². The summed E-state index contributed by atoms with van der Waals surface area (Å²) in [5, 5.41) is 15.1. The number of nitrogens with one attached hydrogen (secondary N) is 2. The van der Waals surface area contributed by atoms with E-state index in [2.05, 4.69) is 20.8 Å². The average molecular weight is 395 g/mol. The van der Waals surface area contributed by atoms with Gasteiger partial charge in [-0.2, -0.15) is 0 Å². The SMILES string of the molecule is CCOc1ccc(OCCNC(=O)CSc2nnc(NC3CC3)s2)cc1. The molecule has 9 heteroatoms. The zero-order chi connectivity index (χ0) is 18.2. The lowest BCUT2D eigenvalue weighted by molar-refractivity contribution is -0.118. The summed E-state index contributed by atoms with van der Waals surface area (Å²) >= 11 is 2.88. The van der Waals surface area contributed by atoms with Crippen molar-refractivity contribution in [3.8, 4) is 11.5 Å². The molecule has 1 amide bonds. The Morgan fingerprint density at radius 1 is 1.23 bits per heavy atom. The van der Waals surface area contributed by atoms with Crippen LogP contribution in [0.4, 0.5) is 5.13 Å². The number of benzene rings is 1. The molecule has 0 bridgehead atoms. The molecule has 26 heavy (non-hydrogen) atoms. The van der Waals surface area contributed by atoms with Crippen LogP contribution in [0.1, 0.15) is 19.8 Å². The highest BCUT2D eigenvalue weighted by Crippen LogP contribution is 2.30. The molecule has 0 saturated heterocycles. The highest BCUT2D eigenvalue weighted by Gasteiger charge is 2.22. The second kappa shape index (κ2) is 9.63. The Balaban J connectivity index is 1.28. The van der Waals surface area contributed by atoms with Crippen LogP contribution in [0.2, 0.25) is 0 Å². The van der Waals surface area contributed by atoms with Gasteiger partial charge >= 0.3 is 0 Å². The maximum Gasteiger partial charge on any atom is 0.230 e. The monoisotopic (exact) mass is 394 g/mol. The van der Waals surface area contributed by atoms with Gasteiger partial charge in [0, 0.05) is 6.04 Å². The van der Waals surface area contributed by atoms with Crippen molar-refractivity contribution in [3.05, 3.63) is 24.3 Å². The molecule has 0 atom stereocenters. The largest absolute Gasteiger partial charge is 0.494 e. The van der Waals surface area contributed by atoms with Gasteiger partial charge in [0.2, 0.25) is 11.0 Å². The Kier molecular flexibility index (Phi) is 6.96. The summed E-state index contributed by atoms with van der Waals surface area (Å²) in [6.45, 7) is 3.45. The number of hydrogen-bond acceptors (Lipinski definition) is 8. The van der Waals surface area contributed by atoms with Crippen LogP contribution in [0.3, 0.4) is 0 Å². The molecule has 1 aliphatic rings. The van der Waals surface area contributed by atoms with Gasteiger partial charge in [-0.15, -0.1) is 10.2 Å². The Labute approximate surface area is 160 Å².